The first-order valence-electron chi connectivity index (χ1n) is 3.42. The van der Waals surface area contributed by atoms with Crippen molar-refractivity contribution in [3.63, 3.8) is 0 Å². The maximum Gasteiger partial charge on any atom is 0.0426 e. The van der Waals surface area contributed by atoms with Crippen LogP contribution in [0, 0.1) is 0 Å². The van der Waals surface area contributed by atoms with Crippen LogP contribution in [0.15, 0.2) is 0 Å². The number of nitrogens with two attached hydrogens (primary N) is 1. The van der Waals surface area contributed by atoms with E-state index in [0.717, 1.165) is 5.54 Å². The molecular formula is C6H17NSi. The summed E-state index contributed by atoms with van der Waals surface area (Å²) in [6.07, 6.45) is 1.31. The Morgan fingerprint density at radius 2 is 2.00 bits per heavy atom. The van der Waals surface area contributed by atoms with Crippen molar-refractivity contribution in [2.24, 2.45) is 5.73 Å². The molecule has 0 heterocycles. The lowest BCUT2D eigenvalue weighted by atomic mass is 10.4. The molecule has 0 aromatic carbocycles. The molecule has 2 heteroatoms. The standard InChI is InChI=1S/C6H17NSi/c1-4-5(2)8-6(3)7/h5-6H,4,7-8H2,1-3H3. The Kier molecular flexibility index (Phi) is 4.19. The first kappa shape index (κ1) is 8.18. The van der Waals surface area contributed by atoms with Gasteiger partial charge in [0.25, 0.3) is 0 Å². The zero-order valence-corrected chi connectivity index (χ0v) is 7.56. The SMILES string of the molecule is CCC(C)[SiH2]C(C)N. The average Bonchev–Trinajstić information content (AvgIpc) is 1.65. The molecule has 0 aliphatic rings. The first-order valence-corrected chi connectivity index (χ1v) is 5.05. The molecular weight excluding hydrogens is 114 g/mol. The molecule has 0 aromatic heterocycles. The van der Waals surface area contributed by atoms with Crippen molar-refractivity contribution in [1.29, 1.82) is 0 Å². The van der Waals surface area contributed by atoms with Crippen LogP contribution in [0.2, 0.25) is 5.54 Å². The predicted octanol–water partition coefficient (Wildman–Crippen LogP) is 0.678. The molecule has 0 aromatic rings. The summed E-state index contributed by atoms with van der Waals surface area (Å²) < 4.78 is 0. The molecule has 8 heavy (non-hydrogen) atoms. The van der Waals surface area contributed by atoms with E-state index >= 15 is 0 Å². The smallest absolute Gasteiger partial charge is 0.0426 e. The van der Waals surface area contributed by atoms with Crippen LogP contribution in [0.3, 0.4) is 0 Å². The highest BCUT2D eigenvalue weighted by molar-refractivity contribution is 6.39. The molecule has 50 valence electrons. The molecule has 2 atom stereocenters. The van der Waals surface area contributed by atoms with E-state index in [1.54, 1.807) is 0 Å². The van der Waals surface area contributed by atoms with Gasteiger partial charge in [0, 0.05) is 9.52 Å². The van der Waals surface area contributed by atoms with Gasteiger partial charge in [-0.2, -0.15) is 0 Å². The summed E-state index contributed by atoms with van der Waals surface area (Å²) in [7, 11) is 0.0482. The van der Waals surface area contributed by atoms with Crippen LogP contribution < -0.4 is 5.73 Å². The Balaban J connectivity index is 3.10. The fourth-order valence-corrected chi connectivity index (χ4v) is 2.40. The molecule has 0 saturated carbocycles. The molecule has 2 N–H and O–H groups in total. The summed E-state index contributed by atoms with van der Waals surface area (Å²) in [6.45, 7) is 6.66. The molecule has 0 aliphatic heterocycles. The third kappa shape index (κ3) is 4.34. The minimum atomic E-state index is 0.0482. The van der Waals surface area contributed by atoms with Crippen LogP contribution in [0.5, 0.6) is 0 Å². The highest BCUT2D eigenvalue weighted by Crippen LogP contribution is 2.05. The van der Waals surface area contributed by atoms with E-state index in [0.29, 0.717) is 5.67 Å². The molecule has 0 amide bonds. The molecule has 2 unspecified atom stereocenters. The van der Waals surface area contributed by atoms with Gasteiger partial charge in [-0.3, -0.25) is 0 Å². The molecule has 0 bridgehead atoms. The monoisotopic (exact) mass is 131 g/mol. The van der Waals surface area contributed by atoms with Gasteiger partial charge in [-0.05, 0) is 5.67 Å². The zero-order chi connectivity index (χ0) is 6.57. The Bertz CT molecular complexity index is 54.5. The Hall–Kier alpha value is 0.177. The Labute approximate surface area is 54.5 Å². The number of hydrogen-bond donors (Lipinski definition) is 1. The van der Waals surface area contributed by atoms with Crippen molar-refractivity contribution in [2.75, 3.05) is 0 Å². The minimum absolute atomic E-state index is 0.0482. The topological polar surface area (TPSA) is 26.0 Å². The summed E-state index contributed by atoms with van der Waals surface area (Å²) in [5, 5.41) is 0. The molecule has 0 fully saturated rings. The van der Waals surface area contributed by atoms with Crippen molar-refractivity contribution in [1.82, 2.24) is 0 Å². The van der Waals surface area contributed by atoms with E-state index in [-0.39, 0.29) is 9.52 Å². The van der Waals surface area contributed by atoms with Crippen molar-refractivity contribution in [2.45, 2.75) is 38.4 Å². The van der Waals surface area contributed by atoms with Gasteiger partial charge in [-0.25, -0.2) is 0 Å². The fourth-order valence-electron chi connectivity index (χ4n) is 0.801. The van der Waals surface area contributed by atoms with E-state index in [9.17, 15) is 0 Å². The quantitative estimate of drug-likeness (QED) is 0.560. The summed E-state index contributed by atoms with van der Waals surface area (Å²) in [5.74, 6) is 0. The third-order valence-electron chi connectivity index (χ3n) is 1.47. The summed E-state index contributed by atoms with van der Waals surface area (Å²) in [6, 6.07) is 0. The van der Waals surface area contributed by atoms with E-state index in [2.05, 4.69) is 20.8 Å². The summed E-state index contributed by atoms with van der Waals surface area (Å²) >= 11 is 0. The van der Waals surface area contributed by atoms with Crippen LogP contribution in [-0.2, 0) is 0 Å². The van der Waals surface area contributed by atoms with Crippen molar-refractivity contribution < 1.29 is 0 Å². The van der Waals surface area contributed by atoms with Crippen LogP contribution in [0.1, 0.15) is 27.2 Å². The van der Waals surface area contributed by atoms with E-state index in [4.69, 9.17) is 5.73 Å². The molecule has 0 radical (unpaired) electrons. The Morgan fingerprint density at radius 3 is 2.12 bits per heavy atom. The van der Waals surface area contributed by atoms with Crippen molar-refractivity contribution in [3.05, 3.63) is 0 Å². The van der Waals surface area contributed by atoms with Crippen LogP contribution >= 0.6 is 0 Å². The highest BCUT2D eigenvalue weighted by Gasteiger charge is 2.01. The lowest BCUT2D eigenvalue weighted by Gasteiger charge is -2.08. The maximum atomic E-state index is 5.63. The van der Waals surface area contributed by atoms with E-state index in [1.807, 2.05) is 0 Å². The molecule has 0 aliphatic carbocycles. The zero-order valence-electron chi connectivity index (χ0n) is 6.15. The number of rotatable bonds is 3. The minimum Gasteiger partial charge on any atom is -0.331 e. The largest absolute Gasteiger partial charge is 0.331 e. The van der Waals surface area contributed by atoms with Gasteiger partial charge in [0.05, 0.1) is 0 Å². The van der Waals surface area contributed by atoms with Crippen LogP contribution in [0.25, 0.3) is 0 Å². The fraction of sp³-hybridized carbons (Fsp3) is 1.00. The van der Waals surface area contributed by atoms with Gasteiger partial charge in [-0.1, -0.05) is 32.7 Å². The maximum absolute atomic E-state index is 5.63. The van der Waals surface area contributed by atoms with Gasteiger partial charge in [0.15, 0.2) is 0 Å². The molecule has 1 nitrogen and oxygen atoms in total. The predicted molar refractivity (Wildman–Crippen MR) is 41.9 cm³/mol. The third-order valence-corrected chi connectivity index (χ3v) is 3.60. The Morgan fingerprint density at radius 1 is 1.50 bits per heavy atom. The lowest BCUT2D eigenvalue weighted by Crippen LogP contribution is -2.25. The molecule has 0 rings (SSSR count). The molecule has 0 saturated heterocycles. The summed E-state index contributed by atoms with van der Waals surface area (Å²) in [4.78, 5) is 0. The number of hydrogen-bond acceptors (Lipinski definition) is 1. The highest BCUT2D eigenvalue weighted by atomic mass is 28.2. The van der Waals surface area contributed by atoms with Crippen LogP contribution in [-0.4, -0.2) is 15.2 Å². The van der Waals surface area contributed by atoms with Gasteiger partial charge in [0.1, 0.15) is 0 Å². The van der Waals surface area contributed by atoms with Gasteiger partial charge in [-0.15, -0.1) is 0 Å². The first-order chi connectivity index (χ1) is 3.66. The van der Waals surface area contributed by atoms with Gasteiger partial charge < -0.3 is 5.73 Å². The van der Waals surface area contributed by atoms with E-state index < -0.39 is 0 Å². The average molecular weight is 131 g/mol. The second-order valence-corrected chi connectivity index (χ2v) is 5.88. The summed E-state index contributed by atoms with van der Waals surface area (Å²) in [5.41, 5.74) is 7.09. The normalized spacial score (nSPS) is 19.5. The molecule has 0 spiro atoms. The lowest BCUT2D eigenvalue weighted by molar-refractivity contribution is 0.840. The second-order valence-electron chi connectivity index (χ2n) is 2.73. The van der Waals surface area contributed by atoms with Gasteiger partial charge in [0.2, 0.25) is 0 Å². The van der Waals surface area contributed by atoms with Crippen molar-refractivity contribution >= 4 is 9.52 Å². The van der Waals surface area contributed by atoms with Crippen molar-refractivity contribution in [3.8, 4) is 0 Å². The van der Waals surface area contributed by atoms with E-state index in [1.165, 1.54) is 6.42 Å². The van der Waals surface area contributed by atoms with Crippen LogP contribution in [0.4, 0.5) is 0 Å². The van der Waals surface area contributed by atoms with Gasteiger partial charge >= 0.3 is 0 Å². The second kappa shape index (κ2) is 4.10.